The Morgan fingerprint density at radius 2 is 1.93 bits per heavy atom. The van der Waals surface area contributed by atoms with Gasteiger partial charge in [-0.3, -0.25) is 9.78 Å². The van der Waals surface area contributed by atoms with E-state index in [1.165, 1.54) is 22.3 Å². The van der Waals surface area contributed by atoms with Crippen LogP contribution in [0, 0.1) is 0 Å². The number of carbonyl (C=O) groups excluding carboxylic acids is 1. The quantitative estimate of drug-likeness (QED) is 0.667. The number of thiazole rings is 1. The molecule has 2 aromatic heterocycles. The number of benzene rings is 1. The number of amidine groups is 1. The van der Waals surface area contributed by atoms with Crippen molar-refractivity contribution >= 4 is 33.1 Å². The van der Waals surface area contributed by atoms with Gasteiger partial charge in [-0.15, -0.1) is 15.7 Å². The summed E-state index contributed by atoms with van der Waals surface area (Å²) in [5.41, 5.74) is 2.30. The van der Waals surface area contributed by atoms with Crippen LogP contribution in [0.5, 0.6) is 0 Å². The second-order valence-electron chi connectivity index (χ2n) is 6.38. The molecule has 0 saturated heterocycles. The van der Waals surface area contributed by atoms with Crippen LogP contribution in [0.15, 0.2) is 63.5 Å². The molecule has 0 spiro atoms. The van der Waals surface area contributed by atoms with E-state index < -0.39 is 10.0 Å². The molecule has 1 aliphatic heterocycles. The SMILES string of the molecule is CN(CC(=O)NCc1nc(-c2ccncc2)cs1)C1=NS(=O)(=O)c2ccccc21. The van der Waals surface area contributed by atoms with Gasteiger partial charge in [-0.05, 0) is 24.3 Å². The number of nitrogens with zero attached hydrogens (tertiary/aromatic N) is 4. The number of nitrogens with one attached hydrogen (secondary N) is 1. The molecule has 29 heavy (non-hydrogen) atoms. The van der Waals surface area contributed by atoms with Crippen molar-refractivity contribution in [1.29, 1.82) is 0 Å². The first kappa shape index (κ1) is 19.2. The number of rotatable bonds is 5. The molecule has 1 amide bonds. The minimum absolute atomic E-state index is 0.0225. The lowest BCUT2D eigenvalue weighted by Crippen LogP contribution is -2.38. The lowest BCUT2D eigenvalue weighted by Gasteiger charge is -2.18. The van der Waals surface area contributed by atoms with Crippen LogP contribution in [0.3, 0.4) is 0 Å². The highest BCUT2D eigenvalue weighted by Gasteiger charge is 2.30. The highest BCUT2D eigenvalue weighted by atomic mass is 32.2. The minimum atomic E-state index is -3.71. The van der Waals surface area contributed by atoms with Gasteiger partial charge in [0.25, 0.3) is 10.0 Å². The van der Waals surface area contributed by atoms with Gasteiger partial charge < -0.3 is 10.2 Å². The summed E-state index contributed by atoms with van der Waals surface area (Å²) in [6.45, 7) is 0.273. The van der Waals surface area contributed by atoms with Crippen LogP contribution in [0.1, 0.15) is 10.6 Å². The van der Waals surface area contributed by atoms with E-state index in [4.69, 9.17) is 0 Å². The van der Waals surface area contributed by atoms with Crippen molar-refractivity contribution in [3.8, 4) is 11.3 Å². The molecule has 1 aromatic carbocycles. The summed E-state index contributed by atoms with van der Waals surface area (Å²) in [5.74, 6) is 0.0163. The van der Waals surface area contributed by atoms with Gasteiger partial charge in [0, 0.05) is 35.9 Å². The van der Waals surface area contributed by atoms with Gasteiger partial charge in [-0.25, -0.2) is 4.98 Å². The topological polar surface area (TPSA) is 105 Å². The number of sulfonamides is 1. The molecule has 8 nitrogen and oxygen atoms in total. The van der Waals surface area contributed by atoms with Gasteiger partial charge in [-0.1, -0.05) is 12.1 Å². The van der Waals surface area contributed by atoms with Gasteiger partial charge in [0.1, 0.15) is 9.90 Å². The van der Waals surface area contributed by atoms with E-state index in [1.807, 2.05) is 17.5 Å². The molecular weight excluding hydrogens is 410 g/mol. The maximum Gasteiger partial charge on any atom is 0.285 e. The summed E-state index contributed by atoms with van der Waals surface area (Å²) >= 11 is 1.46. The van der Waals surface area contributed by atoms with Gasteiger partial charge >= 0.3 is 0 Å². The monoisotopic (exact) mass is 427 g/mol. The van der Waals surface area contributed by atoms with E-state index >= 15 is 0 Å². The van der Waals surface area contributed by atoms with Crippen LogP contribution in [-0.4, -0.2) is 48.6 Å². The summed E-state index contributed by atoms with van der Waals surface area (Å²) < 4.78 is 28.1. The van der Waals surface area contributed by atoms with E-state index in [-0.39, 0.29) is 23.2 Å². The minimum Gasteiger partial charge on any atom is -0.349 e. The predicted octanol–water partition coefficient (Wildman–Crippen LogP) is 1.90. The summed E-state index contributed by atoms with van der Waals surface area (Å²) in [4.78, 5) is 22.5. The Morgan fingerprint density at radius 3 is 2.72 bits per heavy atom. The van der Waals surface area contributed by atoms with E-state index in [2.05, 4.69) is 19.7 Å². The Bertz CT molecular complexity index is 1190. The number of pyridine rings is 1. The summed E-state index contributed by atoms with van der Waals surface area (Å²) in [6.07, 6.45) is 3.41. The van der Waals surface area contributed by atoms with Crippen LogP contribution in [0.2, 0.25) is 0 Å². The lowest BCUT2D eigenvalue weighted by molar-refractivity contribution is -0.121. The Morgan fingerprint density at radius 1 is 1.17 bits per heavy atom. The number of carbonyl (C=O) groups is 1. The third-order valence-corrected chi connectivity index (χ3v) is 6.49. The first-order valence-corrected chi connectivity index (χ1v) is 11.0. The summed E-state index contributed by atoms with van der Waals surface area (Å²) in [7, 11) is -2.07. The molecule has 3 heterocycles. The van der Waals surface area contributed by atoms with Gasteiger partial charge in [0.15, 0.2) is 5.84 Å². The fourth-order valence-electron chi connectivity index (χ4n) is 2.93. The number of likely N-dealkylation sites (N-methyl/N-ethyl adjacent to an activating group) is 1. The summed E-state index contributed by atoms with van der Waals surface area (Å²) in [5, 5.41) is 5.52. The molecule has 0 bridgehead atoms. The highest BCUT2D eigenvalue weighted by Crippen LogP contribution is 2.26. The average molecular weight is 428 g/mol. The van der Waals surface area contributed by atoms with Crippen LogP contribution >= 0.6 is 11.3 Å². The number of hydrogen-bond acceptors (Lipinski definition) is 7. The Kier molecular flexibility index (Phi) is 5.12. The first-order chi connectivity index (χ1) is 13.9. The molecule has 10 heteroatoms. The molecule has 1 aliphatic rings. The fraction of sp³-hybridized carbons (Fsp3) is 0.158. The third-order valence-electron chi connectivity index (χ3n) is 4.32. The Hall–Kier alpha value is -3.11. The highest BCUT2D eigenvalue weighted by molar-refractivity contribution is 7.90. The number of fused-ring (bicyclic) bond motifs is 1. The van der Waals surface area contributed by atoms with E-state index in [1.54, 1.807) is 37.6 Å². The van der Waals surface area contributed by atoms with Crippen molar-refractivity contribution in [2.24, 2.45) is 4.40 Å². The van der Waals surface area contributed by atoms with Crippen LogP contribution < -0.4 is 5.32 Å². The maximum absolute atomic E-state index is 12.3. The van der Waals surface area contributed by atoms with Crippen molar-refractivity contribution in [3.05, 3.63) is 64.7 Å². The number of hydrogen-bond donors (Lipinski definition) is 1. The maximum atomic E-state index is 12.3. The Balaban J connectivity index is 1.38. The van der Waals surface area contributed by atoms with Gasteiger partial charge in [-0.2, -0.15) is 8.42 Å². The zero-order valence-electron chi connectivity index (χ0n) is 15.4. The molecular formula is C19H17N5O3S2. The Labute approximate surface area is 172 Å². The van der Waals surface area contributed by atoms with Crippen molar-refractivity contribution in [2.75, 3.05) is 13.6 Å². The molecule has 0 atom stereocenters. The van der Waals surface area contributed by atoms with Crippen molar-refractivity contribution in [2.45, 2.75) is 11.4 Å². The average Bonchev–Trinajstić information content (AvgIpc) is 3.30. The van der Waals surface area contributed by atoms with Crippen LogP contribution in [0.4, 0.5) is 0 Å². The molecule has 4 rings (SSSR count). The van der Waals surface area contributed by atoms with Crippen molar-refractivity contribution in [1.82, 2.24) is 20.2 Å². The number of aromatic nitrogens is 2. The van der Waals surface area contributed by atoms with E-state index in [0.717, 1.165) is 16.3 Å². The number of amides is 1. The van der Waals surface area contributed by atoms with Gasteiger partial charge in [0.05, 0.1) is 18.8 Å². The molecule has 0 radical (unpaired) electrons. The second-order valence-corrected chi connectivity index (χ2v) is 8.90. The largest absolute Gasteiger partial charge is 0.349 e. The molecule has 0 saturated carbocycles. The van der Waals surface area contributed by atoms with E-state index in [0.29, 0.717) is 12.1 Å². The predicted molar refractivity (Wildman–Crippen MR) is 110 cm³/mol. The first-order valence-electron chi connectivity index (χ1n) is 8.71. The van der Waals surface area contributed by atoms with Crippen molar-refractivity contribution in [3.63, 3.8) is 0 Å². The second kappa shape index (κ2) is 7.72. The molecule has 3 aromatic rings. The molecule has 0 aliphatic carbocycles. The molecule has 1 N–H and O–H groups in total. The van der Waals surface area contributed by atoms with E-state index in [9.17, 15) is 13.2 Å². The molecule has 0 unspecified atom stereocenters. The van der Waals surface area contributed by atoms with Crippen molar-refractivity contribution < 1.29 is 13.2 Å². The fourth-order valence-corrected chi connectivity index (χ4v) is 4.93. The molecule has 148 valence electrons. The smallest absolute Gasteiger partial charge is 0.285 e. The third kappa shape index (κ3) is 4.03. The normalized spacial score (nSPS) is 14.2. The zero-order valence-corrected chi connectivity index (χ0v) is 17.1. The summed E-state index contributed by atoms with van der Waals surface area (Å²) in [6, 6.07) is 10.3. The standard InChI is InChI=1S/C19H17N5O3S2/c1-24(19-14-4-2-3-5-16(14)29(26,27)23-19)11-17(25)21-10-18-22-15(12-28-18)13-6-8-20-9-7-13/h2-9,12H,10-11H2,1H3,(H,21,25). The lowest BCUT2D eigenvalue weighted by atomic mass is 10.2. The van der Waals surface area contributed by atoms with Crippen LogP contribution in [0.25, 0.3) is 11.3 Å². The zero-order chi connectivity index (χ0) is 20.4. The van der Waals surface area contributed by atoms with Crippen LogP contribution in [-0.2, 0) is 21.4 Å². The molecule has 0 fully saturated rings. The van der Waals surface area contributed by atoms with Gasteiger partial charge in [0.2, 0.25) is 5.91 Å².